The number of aromatic amines is 1. The number of carboxylic acid groups (broad SMARTS) is 2. The van der Waals surface area contributed by atoms with Crippen LogP contribution in [-0.4, -0.2) is 46.6 Å². The van der Waals surface area contributed by atoms with Crippen LogP contribution in [0.2, 0.25) is 0 Å². The number of hydrogen-bond acceptors (Lipinski definition) is 4. The van der Waals surface area contributed by atoms with Crippen molar-refractivity contribution in [3.63, 3.8) is 0 Å². The molecule has 0 spiro atoms. The minimum Gasteiger partial charge on any atom is -0.473 e. The van der Waals surface area contributed by atoms with Crippen LogP contribution in [0.5, 0.6) is 5.75 Å². The Hall–Kier alpha value is -2.75. The SMILES string of the molecule is CCC(CC)CNCCc1c(C)[nH]c2ccc(OC(F)(F)F)cc12.O=C(O)C(=O)O. The number of aliphatic carboxylic acids is 2. The predicted molar refractivity (Wildman–Crippen MR) is 106 cm³/mol. The molecule has 2 rings (SSSR count). The minimum atomic E-state index is -4.67. The zero-order valence-corrected chi connectivity index (χ0v) is 17.1. The zero-order chi connectivity index (χ0) is 22.9. The maximum absolute atomic E-state index is 12.4. The summed E-state index contributed by atoms with van der Waals surface area (Å²) in [6, 6.07) is 4.42. The fourth-order valence-corrected chi connectivity index (χ4v) is 2.98. The van der Waals surface area contributed by atoms with E-state index in [1.54, 1.807) is 6.07 Å². The third-order valence-electron chi connectivity index (χ3n) is 4.65. The van der Waals surface area contributed by atoms with Crippen LogP contribution in [-0.2, 0) is 16.0 Å². The summed E-state index contributed by atoms with van der Waals surface area (Å²) in [7, 11) is 0. The third-order valence-corrected chi connectivity index (χ3v) is 4.65. The molecule has 0 aliphatic rings. The van der Waals surface area contributed by atoms with E-state index in [9.17, 15) is 13.2 Å². The standard InChI is InChI=1S/C18H25F3N2O.C2H2O4/c1-4-13(5-2)11-22-9-8-15-12(3)23-17-7-6-14(10-16(15)17)24-18(19,20)21;3-1(4)2(5)6/h6-7,10,13,22-23H,4-5,8-9,11H2,1-3H3;(H,3,4)(H,5,6). The van der Waals surface area contributed by atoms with E-state index in [0.29, 0.717) is 5.92 Å². The molecule has 0 saturated heterocycles. The Labute approximate surface area is 172 Å². The Morgan fingerprint density at radius 3 is 2.27 bits per heavy atom. The summed E-state index contributed by atoms with van der Waals surface area (Å²) in [5.41, 5.74) is 2.85. The van der Waals surface area contributed by atoms with Crippen LogP contribution >= 0.6 is 0 Å². The molecule has 10 heteroatoms. The van der Waals surface area contributed by atoms with E-state index in [2.05, 4.69) is 28.9 Å². The number of benzene rings is 1. The number of ether oxygens (including phenoxy) is 1. The Kier molecular flexibility index (Phi) is 9.64. The van der Waals surface area contributed by atoms with Gasteiger partial charge >= 0.3 is 18.3 Å². The van der Waals surface area contributed by atoms with Gasteiger partial charge in [-0.15, -0.1) is 13.2 Å². The lowest BCUT2D eigenvalue weighted by molar-refractivity contribution is -0.274. The van der Waals surface area contributed by atoms with E-state index >= 15 is 0 Å². The highest BCUT2D eigenvalue weighted by Gasteiger charge is 2.31. The topological polar surface area (TPSA) is 112 Å². The van der Waals surface area contributed by atoms with Crippen LogP contribution in [0.1, 0.15) is 37.9 Å². The van der Waals surface area contributed by atoms with E-state index in [-0.39, 0.29) is 5.75 Å². The minimum absolute atomic E-state index is 0.180. The highest BCUT2D eigenvalue weighted by molar-refractivity contribution is 6.27. The van der Waals surface area contributed by atoms with Crippen molar-refractivity contribution >= 4 is 22.8 Å². The summed E-state index contributed by atoms with van der Waals surface area (Å²) in [5, 5.41) is 19.0. The number of rotatable bonds is 8. The molecule has 1 aromatic heterocycles. The lowest BCUT2D eigenvalue weighted by atomic mass is 10.0. The van der Waals surface area contributed by atoms with Crippen molar-refractivity contribution in [3.05, 3.63) is 29.5 Å². The van der Waals surface area contributed by atoms with Gasteiger partial charge in [0, 0.05) is 16.6 Å². The Bertz CT molecular complexity index is 833. The van der Waals surface area contributed by atoms with Crippen LogP contribution in [0, 0.1) is 12.8 Å². The summed E-state index contributed by atoms with van der Waals surface area (Å²) in [5.74, 6) is -3.16. The van der Waals surface area contributed by atoms with Crippen LogP contribution < -0.4 is 10.1 Å². The summed E-state index contributed by atoms with van der Waals surface area (Å²) in [4.78, 5) is 21.4. The van der Waals surface area contributed by atoms with Crippen LogP contribution in [0.3, 0.4) is 0 Å². The molecule has 0 atom stereocenters. The molecule has 2 aromatic rings. The van der Waals surface area contributed by atoms with Crippen molar-refractivity contribution in [2.75, 3.05) is 13.1 Å². The lowest BCUT2D eigenvalue weighted by Gasteiger charge is -2.13. The summed E-state index contributed by atoms with van der Waals surface area (Å²) < 4.78 is 41.2. The lowest BCUT2D eigenvalue weighted by Crippen LogP contribution is -2.24. The van der Waals surface area contributed by atoms with Crippen molar-refractivity contribution in [2.45, 2.75) is 46.4 Å². The second-order valence-corrected chi connectivity index (χ2v) is 6.73. The van der Waals surface area contributed by atoms with Gasteiger partial charge in [-0.25, -0.2) is 9.59 Å². The Balaban J connectivity index is 0.000000656. The number of alkyl halides is 3. The van der Waals surface area contributed by atoms with Gasteiger partial charge in [-0.1, -0.05) is 26.7 Å². The molecule has 0 unspecified atom stereocenters. The predicted octanol–water partition coefficient (Wildman–Crippen LogP) is 4.10. The summed E-state index contributed by atoms with van der Waals surface area (Å²) >= 11 is 0. The van der Waals surface area contributed by atoms with Gasteiger partial charge in [0.25, 0.3) is 0 Å². The number of nitrogens with one attached hydrogen (secondary N) is 2. The van der Waals surface area contributed by atoms with Gasteiger partial charge in [-0.05, 0) is 56.1 Å². The molecule has 0 bridgehead atoms. The molecule has 30 heavy (non-hydrogen) atoms. The number of aromatic nitrogens is 1. The molecule has 0 amide bonds. The smallest absolute Gasteiger partial charge is 0.473 e. The monoisotopic (exact) mass is 432 g/mol. The number of halogens is 3. The first-order valence-corrected chi connectivity index (χ1v) is 9.52. The maximum atomic E-state index is 12.4. The Morgan fingerprint density at radius 1 is 1.17 bits per heavy atom. The van der Waals surface area contributed by atoms with Crippen molar-refractivity contribution in [3.8, 4) is 5.75 Å². The molecule has 0 radical (unpaired) electrons. The highest BCUT2D eigenvalue weighted by Crippen LogP contribution is 2.29. The molecule has 1 heterocycles. The first-order chi connectivity index (χ1) is 14.0. The molecular weight excluding hydrogens is 405 g/mol. The molecule has 168 valence electrons. The second-order valence-electron chi connectivity index (χ2n) is 6.73. The van der Waals surface area contributed by atoms with E-state index in [4.69, 9.17) is 19.8 Å². The van der Waals surface area contributed by atoms with Gasteiger partial charge in [0.1, 0.15) is 5.75 Å². The number of fused-ring (bicyclic) bond motifs is 1. The maximum Gasteiger partial charge on any atom is 0.573 e. The van der Waals surface area contributed by atoms with Crippen LogP contribution in [0.15, 0.2) is 18.2 Å². The molecule has 0 saturated carbocycles. The van der Waals surface area contributed by atoms with Gasteiger partial charge in [0.05, 0.1) is 0 Å². The van der Waals surface area contributed by atoms with Crippen molar-refractivity contribution in [1.82, 2.24) is 10.3 Å². The highest BCUT2D eigenvalue weighted by atomic mass is 19.4. The van der Waals surface area contributed by atoms with Gasteiger partial charge in [0.2, 0.25) is 0 Å². The van der Waals surface area contributed by atoms with E-state index in [1.807, 2.05) is 6.92 Å². The molecular formula is C20H27F3N2O5. The molecule has 7 nitrogen and oxygen atoms in total. The van der Waals surface area contributed by atoms with Gasteiger partial charge in [-0.3, -0.25) is 0 Å². The molecule has 0 aliphatic heterocycles. The number of H-pyrrole nitrogens is 1. The number of hydrogen-bond donors (Lipinski definition) is 4. The second kappa shape index (κ2) is 11.4. The van der Waals surface area contributed by atoms with Crippen LogP contribution in [0.4, 0.5) is 13.2 Å². The molecule has 0 fully saturated rings. The fraction of sp³-hybridized carbons (Fsp3) is 0.500. The largest absolute Gasteiger partial charge is 0.573 e. The summed E-state index contributed by atoms with van der Waals surface area (Å²) in [6.07, 6.45) is -1.61. The fourth-order valence-electron chi connectivity index (χ4n) is 2.98. The first kappa shape index (κ1) is 25.3. The average Bonchev–Trinajstić information content (AvgIpc) is 2.96. The van der Waals surface area contributed by atoms with E-state index < -0.39 is 18.3 Å². The van der Waals surface area contributed by atoms with Crippen molar-refractivity contribution in [1.29, 1.82) is 0 Å². The van der Waals surface area contributed by atoms with E-state index in [1.165, 1.54) is 12.1 Å². The first-order valence-electron chi connectivity index (χ1n) is 9.52. The number of carboxylic acids is 2. The molecule has 4 N–H and O–H groups in total. The number of carbonyl (C=O) groups is 2. The Morgan fingerprint density at radius 2 is 1.77 bits per heavy atom. The van der Waals surface area contributed by atoms with Crippen molar-refractivity contribution in [2.24, 2.45) is 5.92 Å². The summed E-state index contributed by atoms with van der Waals surface area (Å²) in [6.45, 7) is 8.08. The van der Waals surface area contributed by atoms with Crippen LogP contribution in [0.25, 0.3) is 10.9 Å². The molecule has 0 aliphatic carbocycles. The van der Waals surface area contributed by atoms with Gasteiger partial charge in [-0.2, -0.15) is 0 Å². The molecule has 1 aromatic carbocycles. The quantitative estimate of drug-likeness (QED) is 0.369. The zero-order valence-electron chi connectivity index (χ0n) is 17.1. The normalized spacial score (nSPS) is 11.3. The number of aryl methyl sites for hydroxylation is 1. The third kappa shape index (κ3) is 8.32. The van der Waals surface area contributed by atoms with Gasteiger partial charge in [0.15, 0.2) is 0 Å². The average molecular weight is 432 g/mol. The van der Waals surface area contributed by atoms with E-state index in [0.717, 1.165) is 54.5 Å². The van der Waals surface area contributed by atoms with Crippen molar-refractivity contribution < 1.29 is 37.7 Å². The van der Waals surface area contributed by atoms with Gasteiger partial charge < -0.3 is 25.3 Å².